The monoisotopic (exact) mass is 260 g/mol. The second kappa shape index (κ2) is 4.57. The Bertz CT molecular complexity index is 633. The molecule has 0 amide bonds. The van der Waals surface area contributed by atoms with Crippen LogP contribution in [0, 0.1) is 0 Å². The van der Waals surface area contributed by atoms with E-state index in [1.165, 1.54) is 5.69 Å². The molecule has 94 valence electrons. The first-order chi connectivity index (χ1) is 8.80. The van der Waals surface area contributed by atoms with E-state index in [2.05, 4.69) is 45.3 Å². The Morgan fingerprint density at radius 1 is 1.22 bits per heavy atom. The lowest BCUT2D eigenvalue weighted by molar-refractivity contribution is 0.632. The van der Waals surface area contributed by atoms with E-state index in [0.717, 1.165) is 35.7 Å². The van der Waals surface area contributed by atoms with Crippen molar-refractivity contribution < 1.29 is 0 Å². The third-order valence-electron chi connectivity index (χ3n) is 3.09. The Morgan fingerprint density at radius 3 is 2.83 bits per heavy atom. The van der Waals surface area contributed by atoms with Crippen LogP contribution in [-0.4, -0.2) is 19.2 Å². The van der Waals surface area contributed by atoms with Gasteiger partial charge in [-0.3, -0.25) is 9.08 Å². The molecule has 4 nitrogen and oxygen atoms in total. The van der Waals surface area contributed by atoms with Crippen molar-refractivity contribution in [3.8, 4) is 0 Å². The number of thiazole rings is 1. The van der Waals surface area contributed by atoms with Crippen LogP contribution in [0.2, 0.25) is 0 Å². The fourth-order valence-corrected chi connectivity index (χ4v) is 2.83. The summed E-state index contributed by atoms with van der Waals surface area (Å²) in [7, 11) is 0. The van der Waals surface area contributed by atoms with E-state index >= 15 is 0 Å². The minimum absolute atomic E-state index is 0.761. The summed E-state index contributed by atoms with van der Waals surface area (Å²) in [4.78, 5) is 5.65. The summed E-state index contributed by atoms with van der Waals surface area (Å²) in [6.45, 7) is 5.06. The molecule has 3 aromatic rings. The predicted octanol–water partition coefficient (Wildman–Crippen LogP) is 2.77. The molecule has 0 aliphatic carbocycles. The summed E-state index contributed by atoms with van der Waals surface area (Å²) in [5, 5.41) is 6.67. The van der Waals surface area contributed by atoms with E-state index in [1.54, 1.807) is 11.3 Å². The molecule has 0 fully saturated rings. The highest BCUT2D eigenvalue weighted by Gasteiger charge is 2.08. The van der Waals surface area contributed by atoms with Crippen molar-refractivity contribution in [2.24, 2.45) is 0 Å². The van der Waals surface area contributed by atoms with Crippen LogP contribution in [0.3, 0.4) is 0 Å². The Labute approximate surface area is 110 Å². The lowest BCUT2D eigenvalue weighted by Gasteiger charge is -2.02. The van der Waals surface area contributed by atoms with Gasteiger partial charge in [-0.25, -0.2) is 4.98 Å². The van der Waals surface area contributed by atoms with E-state index < -0.39 is 0 Å². The molecule has 0 saturated heterocycles. The van der Waals surface area contributed by atoms with Crippen LogP contribution in [-0.2, 0) is 19.4 Å². The summed E-state index contributed by atoms with van der Waals surface area (Å²) in [5.74, 6) is 0. The molecule has 0 aliphatic rings. The van der Waals surface area contributed by atoms with Crippen LogP contribution in [0.4, 0.5) is 0 Å². The van der Waals surface area contributed by atoms with E-state index in [1.807, 2.05) is 11.6 Å². The highest BCUT2D eigenvalue weighted by Crippen LogP contribution is 2.14. The van der Waals surface area contributed by atoms with Crippen LogP contribution < -0.4 is 0 Å². The van der Waals surface area contributed by atoms with Crippen LogP contribution in [0.5, 0.6) is 0 Å². The first-order valence-electron chi connectivity index (χ1n) is 6.26. The zero-order valence-electron chi connectivity index (χ0n) is 10.6. The maximum absolute atomic E-state index is 4.62. The fourth-order valence-electron chi connectivity index (χ4n) is 2.11. The van der Waals surface area contributed by atoms with Gasteiger partial charge in [0.15, 0.2) is 4.96 Å². The molecule has 0 atom stereocenters. The van der Waals surface area contributed by atoms with Crippen molar-refractivity contribution in [1.29, 1.82) is 0 Å². The first kappa shape index (κ1) is 11.5. The third kappa shape index (κ3) is 1.95. The maximum atomic E-state index is 4.62. The highest BCUT2D eigenvalue weighted by atomic mass is 32.1. The number of nitrogens with zero attached hydrogens (tertiary/aromatic N) is 4. The molecule has 3 aromatic heterocycles. The van der Waals surface area contributed by atoms with Gasteiger partial charge in [0, 0.05) is 23.5 Å². The van der Waals surface area contributed by atoms with Crippen molar-refractivity contribution in [2.45, 2.75) is 33.2 Å². The van der Waals surface area contributed by atoms with Crippen molar-refractivity contribution in [3.63, 3.8) is 0 Å². The molecule has 18 heavy (non-hydrogen) atoms. The van der Waals surface area contributed by atoms with Crippen molar-refractivity contribution in [2.75, 3.05) is 0 Å². The SMILES string of the molecule is CCc1cc(CC)n(Cc2cn3ccsc3n2)n1. The molecule has 0 radical (unpaired) electrons. The molecule has 0 N–H and O–H groups in total. The summed E-state index contributed by atoms with van der Waals surface area (Å²) in [5.41, 5.74) is 3.51. The van der Waals surface area contributed by atoms with Gasteiger partial charge in [0.1, 0.15) is 0 Å². The third-order valence-corrected chi connectivity index (χ3v) is 3.86. The summed E-state index contributed by atoms with van der Waals surface area (Å²) >= 11 is 1.66. The van der Waals surface area contributed by atoms with Crippen LogP contribution in [0.25, 0.3) is 4.96 Å². The molecule has 0 aliphatic heterocycles. The fraction of sp³-hybridized carbons (Fsp3) is 0.385. The van der Waals surface area contributed by atoms with Crippen molar-refractivity contribution >= 4 is 16.3 Å². The van der Waals surface area contributed by atoms with Crippen LogP contribution in [0.15, 0.2) is 23.8 Å². The van der Waals surface area contributed by atoms with Gasteiger partial charge in [0.2, 0.25) is 0 Å². The number of fused-ring (bicyclic) bond motifs is 1. The molecule has 0 unspecified atom stereocenters. The number of hydrogen-bond acceptors (Lipinski definition) is 3. The number of hydrogen-bond donors (Lipinski definition) is 0. The van der Waals surface area contributed by atoms with E-state index in [9.17, 15) is 0 Å². The minimum atomic E-state index is 0.761. The molecule has 0 saturated carbocycles. The summed E-state index contributed by atoms with van der Waals surface area (Å²) in [6.07, 6.45) is 6.11. The highest BCUT2D eigenvalue weighted by molar-refractivity contribution is 7.15. The molecular formula is C13H16N4S. The quantitative estimate of drug-likeness (QED) is 0.723. The summed E-state index contributed by atoms with van der Waals surface area (Å²) < 4.78 is 4.14. The number of rotatable bonds is 4. The number of aryl methyl sites for hydroxylation is 2. The van der Waals surface area contributed by atoms with Gasteiger partial charge in [0.05, 0.1) is 17.9 Å². The van der Waals surface area contributed by atoms with E-state index in [0.29, 0.717) is 0 Å². The van der Waals surface area contributed by atoms with E-state index in [4.69, 9.17) is 0 Å². The topological polar surface area (TPSA) is 35.1 Å². The lowest BCUT2D eigenvalue weighted by atomic mass is 10.2. The molecule has 0 spiro atoms. The van der Waals surface area contributed by atoms with Crippen LogP contribution >= 0.6 is 11.3 Å². The number of imidazole rings is 1. The zero-order chi connectivity index (χ0) is 12.5. The second-order valence-electron chi connectivity index (χ2n) is 4.32. The molecule has 0 bridgehead atoms. The largest absolute Gasteiger partial charge is 0.297 e. The Balaban J connectivity index is 1.91. The van der Waals surface area contributed by atoms with Gasteiger partial charge in [0.25, 0.3) is 0 Å². The summed E-state index contributed by atoms with van der Waals surface area (Å²) in [6, 6.07) is 2.19. The van der Waals surface area contributed by atoms with Gasteiger partial charge in [-0.2, -0.15) is 5.10 Å². The standard InChI is InChI=1S/C13H16N4S/c1-3-10-7-12(4-2)17(15-10)9-11-8-16-5-6-18-13(16)14-11/h5-8H,3-4,9H2,1-2H3. The van der Waals surface area contributed by atoms with Crippen molar-refractivity contribution in [1.82, 2.24) is 19.2 Å². The van der Waals surface area contributed by atoms with Gasteiger partial charge in [-0.05, 0) is 18.9 Å². The van der Waals surface area contributed by atoms with Gasteiger partial charge >= 0.3 is 0 Å². The molecule has 3 heterocycles. The average molecular weight is 260 g/mol. The van der Waals surface area contributed by atoms with E-state index in [-0.39, 0.29) is 0 Å². The van der Waals surface area contributed by atoms with Gasteiger partial charge in [-0.15, -0.1) is 11.3 Å². The second-order valence-corrected chi connectivity index (χ2v) is 5.19. The van der Waals surface area contributed by atoms with Crippen LogP contribution in [0.1, 0.15) is 30.9 Å². The van der Waals surface area contributed by atoms with Gasteiger partial charge in [-0.1, -0.05) is 13.8 Å². The molecular weight excluding hydrogens is 244 g/mol. The molecule has 0 aromatic carbocycles. The predicted molar refractivity (Wildman–Crippen MR) is 73.2 cm³/mol. The van der Waals surface area contributed by atoms with Crippen molar-refractivity contribution in [3.05, 3.63) is 40.9 Å². The maximum Gasteiger partial charge on any atom is 0.193 e. The number of aromatic nitrogens is 4. The smallest absolute Gasteiger partial charge is 0.193 e. The minimum Gasteiger partial charge on any atom is -0.297 e. The molecule has 3 rings (SSSR count). The van der Waals surface area contributed by atoms with Gasteiger partial charge < -0.3 is 0 Å². The zero-order valence-corrected chi connectivity index (χ0v) is 11.4. The Morgan fingerprint density at radius 2 is 2.11 bits per heavy atom. The Kier molecular flexibility index (Phi) is 2.91. The lowest BCUT2D eigenvalue weighted by Crippen LogP contribution is -2.06. The molecule has 5 heteroatoms. The first-order valence-corrected chi connectivity index (χ1v) is 7.14. The average Bonchev–Trinajstić information content (AvgIpc) is 3.02. The Hall–Kier alpha value is -1.62. The normalized spacial score (nSPS) is 11.4.